The number of rotatable bonds is 12. The number of hydrogen-bond donors (Lipinski definition) is 3. The maximum atomic E-state index is 14.0. The van der Waals surface area contributed by atoms with Gasteiger partial charge in [-0.05, 0) is 53.8 Å². The zero-order valence-corrected chi connectivity index (χ0v) is 26.9. The van der Waals surface area contributed by atoms with Gasteiger partial charge in [0.05, 0.1) is 9.79 Å². The van der Waals surface area contributed by atoms with Gasteiger partial charge in [-0.1, -0.05) is 31.7 Å². The van der Waals surface area contributed by atoms with Crippen LogP contribution < -0.4 is 10.6 Å². The summed E-state index contributed by atoms with van der Waals surface area (Å²) >= 11 is -2.84. The van der Waals surface area contributed by atoms with Crippen molar-refractivity contribution in [1.29, 1.82) is 0 Å². The van der Waals surface area contributed by atoms with Gasteiger partial charge in [0.2, 0.25) is 21.8 Å². The average Bonchev–Trinajstić information content (AvgIpc) is 2.95. The molecule has 0 heterocycles. The monoisotopic (exact) mass is 662 g/mol. The molecule has 0 aliphatic heterocycles. The van der Waals surface area contributed by atoms with Crippen molar-refractivity contribution in [3.05, 3.63) is 48.6 Å². The highest BCUT2D eigenvalue weighted by atomic mass is 32.2. The van der Waals surface area contributed by atoms with Crippen molar-refractivity contribution >= 4 is 75.1 Å². The summed E-state index contributed by atoms with van der Waals surface area (Å²) in [4.78, 5) is 23.8. The Labute approximate surface area is 257 Å². The van der Waals surface area contributed by atoms with Crippen molar-refractivity contribution in [1.82, 2.24) is 14.9 Å². The van der Waals surface area contributed by atoms with E-state index in [1.54, 1.807) is 13.8 Å². The van der Waals surface area contributed by atoms with Crippen molar-refractivity contribution in [2.45, 2.75) is 47.4 Å². The summed E-state index contributed by atoms with van der Waals surface area (Å²) < 4.78 is 78.6. The van der Waals surface area contributed by atoms with E-state index < -0.39 is 48.6 Å². The maximum Gasteiger partial charge on any atom is 0.246 e. The minimum atomic E-state index is -4.46. The summed E-state index contributed by atoms with van der Waals surface area (Å²) in [5, 5.41) is 17.3. The van der Waals surface area contributed by atoms with Crippen molar-refractivity contribution in [2.24, 2.45) is 0 Å². The molecule has 0 radical (unpaired) electrons. The van der Waals surface area contributed by atoms with E-state index in [-0.39, 0.29) is 72.4 Å². The zero-order valence-electron chi connectivity index (χ0n) is 24.5. The Morgan fingerprint density at radius 3 is 2.09 bits per heavy atom. The normalized spacial score (nSPS) is 13.9. The van der Waals surface area contributed by atoms with Crippen LogP contribution in [-0.4, -0.2) is 79.3 Å². The van der Waals surface area contributed by atoms with Crippen LogP contribution in [0.15, 0.2) is 63.2 Å². The number of aromatic hydroxyl groups is 1. The van der Waals surface area contributed by atoms with Crippen LogP contribution in [0.5, 0.6) is 5.75 Å². The molecule has 0 spiro atoms. The van der Waals surface area contributed by atoms with E-state index in [9.17, 15) is 40.3 Å². The fraction of sp³-hybridized carbons (Fsp3) is 0.310. The maximum absolute atomic E-state index is 14.0. The predicted molar refractivity (Wildman–Crippen MR) is 167 cm³/mol. The molecule has 44 heavy (non-hydrogen) atoms. The fourth-order valence-corrected chi connectivity index (χ4v) is 8.38. The molecule has 0 aromatic heterocycles. The van der Waals surface area contributed by atoms with Crippen LogP contribution in [0.2, 0.25) is 0 Å². The first-order valence-corrected chi connectivity index (χ1v) is 17.9. The minimum Gasteiger partial charge on any atom is -0.768 e. The number of likely N-dealkylation sites (N-methyl/N-ethyl adjacent to an activating group) is 1. The first-order valence-electron chi connectivity index (χ1n) is 13.5. The molecule has 0 saturated heterocycles. The lowest BCUT2D eigenvalue weighted by atomic mass is 9.94. The molecule has 0 aliphatic rings. The van der Waals surface area contributed by atoms with Gasteiger partial charge in [0.15, 0.2) is 9.84 Å². The van der Waals surface area contributed by atoms with E-state index in [1.165, 1.54) is 31.3 Å². The lowest BCUT2D eigenvalue weighted by Gasteiger charge is -2.27. The van der Waals surface area contributed by atoms with E-state index in [1.807, 2.05) is 0 Å². The number of hydrogen-bond acceptors (Lipinski definition) is 9. The van der Waals surface area contributed by atoms with E-state index in [2.05, 4.69) is 17.2 Å². The van der Waals surface area contributed by atoms with Gasteiger partial charge in [-0.2, -0.15) is 4.31 Å². The Balaban J connectivity index is 1.80. The number of carbonyl (C=O) groups is 2. The molecule has 0 aliphatic carbocycles. The Morgan fingerprint density at radius 2 is 1.52 bits per heavy atom. The van der Waals surface area contributed by atoms with Crippen molar-refractivity contribution < 1.29 is 40.3 Å². The number of nitrogens with one attached hydrogen (secondary N) is 2. The van der Waals surface area contributed by atoms with E-state index in [0.717, 1.165) is 22.7 Å². The second-order valence-corrected chi connectivity index (χ2v) is 15.3. The number of amides is 2. The van der Waals surface area contributed by atoms with E-state index >= 15 is 0 Å². The van der Waals surface area contributed by atoms with Gasteiger partial charge >= 0.3 is 0 Å². The molecule has 0 fully saturated rings. The topological polar surface area (TPSA) is 190 Å². The number of phenolic OH excluding ortho intramolecular Hbond substituents is 1. The molecule has 0 bridgehead atoms. The van der Waals surface area contributed by atoms with Crippen LogP contribution in [-0.2, 0) is 40.5 Å². The third-order valence-electron chi connectivity index (χ3n) is 7.45. The molecule has 236 valence electrons. The molecule has 4 rings (SSSR count). The van der Waals surface area contributed by atoms with E-state index in [0.29, 0.717) is 12.0 Å². The average molecular weight is 663 g/mol. The molecule has 15 heteroatoms. The highest BCUT2D eigenvalue weighted by Crippen LogP contribution is 2.45. The first-order chi connectivity index (χ1) is 20.5. The highest BCUT2D eigenvalue weighted by Gasteiger charge is 2.34. The Bertz CT molecular complexity index is 2060. The number of nitrogens with zero attached hydrogens (tertiary/aromatic N) is 1. The number of sulfone groups is 1. The van der Waals surface area contributed by atoms with Crippen LogP contribution in [0, 0.1) is 0 Å². The van der Waals surface area contributed by atoms with Gasteiger partial charge in [0.25, 0.3) is 0 Å². The predicted octanol–water partition coefficient (Wildman–Crippen LogP) is 2.53. The molecule has 3 N–H and O–H groups in total. The van der Waals surface area contributed by atoms with Crippen LogP contribution in [0.3, 0.4) is 0 Å². The summed E-state index contributed by atoms with van der Waals surface area (Å²) in [7, 11) is -7.14. The number of phenols is 1. The summed E-state index contributed by atoms with van der Waals surface area (Å²) in [6.45, 7) is 7.21. The first kappa shape index (κ1) is 33.3. The van der Waals surface area contributed by atoms with Gasteiger partial charge in [-0.15, -0.1) is 0 Å². The Morgan fingerprint density at radius 1 is 0.977 bits per heavy atom. The molecule has 12 nitrogen and oxygen atoms in total. The molecule has 0 saturated carbocycles. The standard InChI is InChI=1S/C29H33N3O9S3/c1-6-21(29(35)31-13-7-12-30-28(34)16(2)3)32(4)44(40,41)25-14-22(33)17-8-9-18-23(42(36)37)15-24(43(5,38)39)19-10-11-20(25)26(17)27(18)19/h8-11,14-15,21,33H,2,6-7,12-13H2,1,3-5H3,(H,30,34)(H,31,35)(H,36,37)/p-1. The van der Waals surface area contributed by atoms with Crippen molar-refractivity contribution in [3.8, 4) is 5.75 Å². The van der Waals surface area contributed by atoms with Gasteiger partial charge in [-0.25, -0.2) is 16.8 Å². The number of sulfonamides is 1. The minimum absolute atomic E-state index is 0.111. The summed E-state index contributed by atoms with van der Waals surface area (Å²) in [5.74, 6) is -1.30. The second kappa shape index (κ2) is 12.4. The van der Waals surface area contributed by atoms with Crippen LogP contribution in [0.1, 0.15) is 26.7 Å². The number of benzene rings is 4. The van der Waals surface area contributed by atoms with Crippen LogP contribution in [0.4, 0.5) is 0 Å². The van der Waals surface area contributed by atoms with Crippen LogP contribution in [0.25, 0.3) is 32.3 Å². The lowest BCUT2D eigenvalue weighted by molar-refractivity contribution is -0.124. The molecule has 2 amide bonds. The van der Waals surface area contributed by atoms with Crippen LogP contribution >= 0.6 is 0 Å². The van der Waals surface area contributed by atoms with Crippen molar-refractivity contribution in [2.75, 3.05) is 26.4 Å². The summed E-state index contributed by atoms with van der Waals surface area (Å²) in [5.41, 5.74) is 0.349. The van der Waals surface area contributed by atoms with Gasteiger partial charge in [0.1, 0.15) is 11.8 Å². The molecular formula is C29H32N3O9S3-. The molecule has 2 atom stereocenters. The summed E-state index contributed by atoms with van der Waals surface area (Å²) in [6.07, 6.45) is 1.45. The summed E-state index contributed by atoms with van der Waals surface area (Å²) in [6, 6.07) is 6.69. The third kappa shape index (κ3) is 6.02. The molecular weight excluding hydrogens is 631 g/mol. The highest BCUT2D eigenvalue weighted by molar-refractivity contribution is 7.91. The Kier molecular flexibility index (Phi) is 9.38. The molecule has 4 aromatic carbocycles. The van der Waals surface area contributed by atoms with Gasteiger partial charge < -0.3 is 20.3 Å². The second-order valence-electron chi connectivity index (χ2n) is 10.5. The fourth-order valence-electron chi connectivity index (χ4n) is 5.24. The smallest absolute Gasteiger partial charge is 0.246 e. The van der Waals surface area contributed by atoms with E-state index in [4.69, 9.17) is 0 Å². The third-order valence-corrected chi connectivity index (χ3v) is 11.2. The SMILES string of the molecule is C=C(C)C(=O)NCCCNC(=O)C(CC)N(C)S(=O)(=O)c1cc(O)c2ccc3c(S(=O)[O-])cc(S(C)(=O)=O)c4ccc1c2c34. The molecule has 2 unspecified atom stereocenters. The molecule has 4 aromatic rings. The Hall–Kier alpha value is -3.63. The largest absolute Gasteiger partial charge is 0.768 e. The van der Waals surface area contributed by atoms with Gasteiger partial charge in [0, 0.05) is 64.5 Å². The number of carbonyl (C=O) groups excluding carboxylic acids is 2. The van der Waals surface area contributed by atoms with Gasteiger partial charge in [-0.3, -0.25) is 13.8 Å². The quantitative estimate of drug-likeness (QED) is 0.0886. The lowest BCUT2D eigenvalue weighted by Crippen LogP contribution is -2.47. The zero-order chi connectivity index (χ0) is 32.7. The van der Waals surface area contributed by atoms with Crippen molar-refractivity contribution in [3.63, 3.8) is 0 Å².